The minimum atomic E-state index is -0.851. The highest BCUT2D eigenvalue weighted by molar-refractivity contribution is 6.32. The van der Waals surface area contributed by atoms with Crippen molar-refractivity contribution in [2.75, 3.05) is 38.3 Å². The van der Waals surface area contributed by atoms with Gasteiger partial charge in [-0.25, -0.2) is 4.79 Å². The molecule has 0 aliphatic carbocycles. The van der Waals surface area contributed by atoms with Gasteiger partial charge in [-0.3, -0.25) is 4.68 Å². The summed E-state index contributed by atoms with van der Waals surface area (Å²) in [5.74, 6) is 0.631. The predicted molar refractivity (Wildman–Crippen MR) is 178 cm³/mol. The monoisotopic (exact) mass is 628 g/mol. The molecule has 4 aromatic rings. The molecule has 8 nitrogen and oxygen atoms in total. The third-order valence-corrected chi connectivity index (χ3v) is 9.92. The molecule has 2 aliphatic rings. The predicted octanol–water partition coefficient (Wildman–Crippen LogP) is 6.64. The zero-order chi connectivity index (χ0) is 31.7. The molecular weight excluding hydrogens is 588 g/mol. The quantitative estimate of drug-likeness (QED) is 0.208. The first-order valence-electron chi connectivity index (χ1n) is 15.6. The number of hydrogen-bond donors (Lipinski definition) is 1. The molecule has 0 fully saturated rings. The van der Waals surface area contributed by atoms with E-state index in [9.17, 15) is 9.90 Å². The fraction of sp³-hybridized carbons (Fsp3) is 0.389. The number of fused-ring (bicyclic) bond motifs is 2. The van der Waals surface area contributed by atoms with E-state index in [0.29, 0.717) is 26.0 Å². The smallest absolute Gasteiger partial charge is 0.327 e. The van der Waals surface area contributed by atoms with Gasteiger partial charge in [0.05, 0.1) is 23.9 Å². The lowest BCUT2D eigenvalue weighted by Crippen LogP contribution is -2.53. The van der Waals surface area contributed by atoms with Crippen molar-refractivity contribution < 1.29 is 19.4 Å². The second-order valence-corrected chi connectivity index (χ2v) is 12.8. The number of carboxylic acid groups (broad SMARTS) is 1. The van der Waals surface area contributed by atoms with Gasteiger partial charge in [0.15, 0.2) is 0 Å². The number of aromatic nitrogens is 2. The van der Waals surface area contributed by atoms with Gasteiger partial charge in [0, 0.05) is 42.0 Å². The molecule has 0 saturated heterocycles. The zero-order valence-corrected chi connectivity index (χ0v) is 27.2. The van der Waals surface area contributed by atoms with Crippen molar-refractivity contribution in [3.8, 4) is 22.6 Å². The van der Waals surface area contributed by atoms with Crippen LogP contribution in [0.1, 0.15) is 41.6 Å². The molecule has 0 radical (unpaired) electrons. The molecule has 3 aromatic carbocycles. The van der Waals surface area contributed by atoms with Gasteiger partial charge >= 0.3 is 5.97 Å². The molecule has 0 saturated carbocycles. The Bertz CT molecular complexity index is 1670. The number of carboxylic acids is 1. The molecule has 1 N–H and O–H groups in total. The molecule has 2 atom stereocenters. The largest absolute Gasteiger partial charge is 0.494 e. The van der Waals surface area contributed by atoms with Crippen LogP contribution in [0.3, 0.4) is 0 Å². The molecule has 6 rings (SSSR count). The van der Waals surface area contributed by atoms with Gasteiger partial charge in [0.1, 0.15) is 24.1 Å². The lowest BCUT2D eigenvalue weighted by molar-refractivity contribution is -0.140. The average Bonchev–Trinajstić information content (AvgIpc) is 3.52. The first-order valence-corrected chi connectivity index (χ1v) is 16.0. The molecule has 1 aromatic heterocycles. The van der Waals surface area contributed by atoms with Gasteiger partial charge in [-0.05, 0) is 87.7 Å². The van der Waals surface area contributed by atoms with Gasteiger partial charge in [-0.2, -0.15) is 5.10 Å². The number of benzene rings is 3. The summed E-state index contributed by atoms with van der Waals surface area (Å²) in [7, 11) is 4.08. The Morgan fingerprint density at radius 3 is 2.49 bits per heavy atom. The summed E-state index contributed by atoms with van der Waals surface area (Å²) < 4.78 is 14.6. The van der Waals surface area contributed by atoms with Crippen LogP contribution in [0.2, 0.25) is 5.02 Å². The summed E-state index contributed by atoms with van der Waals surface area (Å²) >= 11 is 6.39. The molecule has 3 heterocycles. The molecular formula is C36H41ClN4O4. The summed E-state index contributed by atoms with van der Waals surface area (Å²) in [6.07, 6.45) is 3.95. The van der Waals surface area contributed by atoms with Gasteiger partial charge in [-0.15, -0.1) is 0 Å². The Kier molecular flexibility index (Phi) is 8.80. The van der Waals surface area contributed by atoms with Crippen molar-refractivity contribution in [1.82, 2.24) is 14.7 Å². The molecule has 2 unspecified atom stereocenters. The first-order chi connectivity index (χ1) is 21.7. The van der Waals surface area contributed by atoms with Crippen LogP contribution in [0.4, 0.5) is 5.69 Å². The SMILES string of the molecule is Cc1cc(OCCCC2(COc3ccccc3)c3cccc4c3N(CCCN(C)Cc3c-4cnn3C)C2C(=O)O)cc(C)c1Cl. The van der Waals surface area contributed by atoms with Gasteiger partial charge < -0.3 is 24.4 Å². The maximum absolute atomic E-state index is 13.5. The van der Waals surface area contributed by atoms with Crippen LogP contribution in [0, 0.1) is 13.8 Å². The van der Waals surface area contributed by atoms with E-state index in [1.54, 1.807) is 0 Å². The Balaban J connectivity index is 1.42. The van der Waals surface area contributed by atoms with E-state index >= 15 is 0 Å². The zero-order valence-electron chi connectivity index (χ0n) is 26.4. The van der Waals surface area contributed by atoms with E-state index in [-0.39, 0.29) is 6.61 Å². The number of hydrogen-bond acceptors (Lipinski definition) is 6. The van der Waals surface area contributed by atoms with E-state index in [0.717, 1.165) is 75.2 Å². The van der Waals surface area contributed by atoms with Crippen LogP contribution in [0.15, 0.2) is 66.9 Å². The minimum Gasteiger partial charge on any atom is -0.494 e. The van der Waals surface area contributed by atoms with Crippen LogP contribution >= 0.6 is 11.6 Å². The van der Waals surface area contributed by atoms with Crippen LogP contribution < -0.4 is 14.4 Å². The van der Waals surface area contributed by atoms with Crippen molar-refractivity contribution in [2.24, 2.45) is 7.05 Å². The molecule has 9 heteroatoms. The number of ether oxygens (including phenoxy) is 2. The van der Waals surface area contributed by atoms with Crippen molar-refractivity contribution in [2.45, 2.75) is 51.1 Å². The standard InChI is InChI=1S/C36H41ClN4O4/c1-24-19-27(20-25(2)32(24)37)44-18-9-15-36(23-45-26-11-6-5-7-12-26)30-14-8-13-28-29-21-38-40(4)31(29)22-39(3)16-10-17-41(33(28)30)34(36)35(42)43/h5-8,11-14,19-21,34H,9-10,15-18,22-23H2,1-4H3,(H,42,43). The Morgan fingerprint density at radius 1 is 1.00 bits per heavy atom. The highest BCUT2D eigenvalue weighted by Gasteiger charge is 2.55. The molecule has 2 aliphatic heterocycles. The Hall–Kier alpha value is -4.01. The maximum atomic E-state index is 13.5. The van der Waals surface area contributed by atoms with Crippen LogP contribution in [0.5, 0.6) is 11.5 Å². The van der Waals surface area contributed by atoms with Gasteiger partial charge in [0.2, 0.25) is 0 Å². The lowest BCUT2D eigenvalue weighted by Gasteiger charge is -2.37. The third-order valence-electron chi connectivity index (χ3n) is 9.32. The highest BCUT2D eigenvalue weighted by atomic mass is 35.5. The van der Waals surface area contributed by atoms with Crippen LogP contribution in [0.25, 0.3) is 11.1 Å². The fourth-order valence-corrected chi connectivity index (χ4v) is 7.28. The number of halogens is 1. The molecule has 0 bridgehead atoms. The topological polar surface area (TPSA) is 80.1 Å². The Labute approximate surface area is 270 Å². The van der Waals surface area contributed by atoms with E-state index in [1.807, 2.05) is 74.2 Å². The minimum absolute atomic E-state index is 0.222. The second-order valence-electron chi connectivity index (χ2n) is 12.4. The van der Waals surface area contributed by atoms with E-state index in [2.05, 4.69) is 40.1 Å². The number of carbonyl (C=O) groups is 1. The molecule has 0 amide bonds. The normalized spacial score (nSPS) is 19.6. The first kappa shape index (κ1) is 31.0. The van der Waals surface area contributed by atoms with E-state index in [4.69, 9.17) is 21.1 Å². The maximum Gasteiger partial charge on any atom is 0.327 e. The van der Waals surface area contributed by atoms with Gasteiger partial charge in [0.25, 0.3) is 0 Å². The van der Waals surface area contributed by atoms with Crippen LogP contribution in [-0.2, 0) is 23.8 Å². The van der Waals surface area contributed by atoms with E-state index in [1.165, 1.54) is 0 Å². The summed E-state index contributed by atoms with van der Waals surface area (Å²) in [5, 5.41) is 16.4. The van der Waals surface area contributed by atoms with Gasteiger partial charge in [-0.1, -0.05) is 48.0 Å². The average molecular weight is 629 g/mol. The fourth-order valence-electron chi connectivity index (χ4n) is 7.17. The summed E-state index contributed by atoms with van der Waals surface area (Å²) in [6.45, 7) is 6.83. The van der Waals surface area contributed by atoms with Crippen molar-refractivity contribution in [3.63, 3.8) is 0 Å². The van der Waals surface area contributed by atoms with E-state index < -0.39 is 17.4 Å². The lowest BCUT2D eigenvalue weighted by atomic mass is 9.73. The number of rotatable bonds is 9. The van der Waals surface area contributed by atoms with Crippen molar-refractivity contribution >= 4 is 23.3 Å². The Morgan fingerprint density at radius 2 is 1.76 bits per heavy atom. The van der Waals surface area contributed by atoms with Crippen molar-refractivity contribution in [3.05, 3.63) is 94.3 Å². The summed E-state index contributed by atoms with van der Waals surface area (Å²) in [5.41, 5.74) is 6.25. The summed E-state index contributed by atoms with van der Waals surface area (Å²) in [4.78, 5) is 17.9. The molecule has 0 spiro atoms. The number of aryl methyl sites for hydroxylation is 3. The number of nitrogens with zero attached hydrogens (tertiary/aromatic N) is 4. The number of para-hydroxylation sites is 2. The summed E-state index contributed by atoms with van der Waals surface area (Å²) in [6, 6.07) is 19.0. The molecule has 45 heavy (non-hydrogen) atoms. The number of anilines is 1. The third kappa shape index (κ3) is 5.89. The highest BCUT2D eigenvalue weighted by Crippen LogP contribution is 2.53. The van der Waals surface area contributed by atoms with Crippen LogP contribution in [-0.4, -0.2) is 65.1 Å². The molecule has 236 valence electrons. The number of aliphatic carboxylic acids is 1. The van der Waals surface area contributed by atoms with Crippen molar-refractivity contribution in [1.29, 1.82) is 0 Å². The second kappa shape index (κ2) is 12.8.